The Balaban J connectivity index is 4.38. The highest BCUT2D eigenvalue weighted by molar-refractivity contribution is 7.97. The molecular weight excluding hydrogens is 325 g/mol. The standard InChI is InChI=1S/C10H18FN3O5S2/c1-4-5-6-21(17)7-14(9(11)15)20-13(3)10(16)19-18-8(2)12/h12H,4-7H2,1-3H3. The van der Waals surface area contributed by atoms with Crippen molar-refractivity contribution in [3.63, 3.8) is 0 Å². The van der Waals surface area contributed by atoms with Crippen LogP contribution in [0, 0.1) is 5.41 Å². The van der Waals surface area contributed by atoms with Crippen molar-refractivity contribution in [3.05, 3.63) is 0 Å². The summed E-state index contributed by atoms with van der Waals surface area (Å²) in [5.74, 6) is -0.353. The first-order chi connectivity index (χ1) is 9.77. The molecular formula is C10H18FN3O5S2. The molecule has 0 aliphatic heterocycles. The minimum atomic E-state index is -1.83. The number of nitrogens with zero attached hydrogens (tertiary/aromatic N) is 2. The molecule has 0 spiro atoms. The smallest absolute Gasteiger partial charge is 0.463 e. The molecule has 0 heterocycles. The maximum atomic E-state index is 12.9. The van der Waals surface area contributed by atoms with E-state index in [9.17, 15) is 18.5 Å². The van der Waals surface area contributed by atoms with E-state index in [2.05, 4.69) is 9.78 Å². The fourth-order valence-corrected chi connectivity index (χ4v) is 3.04. The second-order valence-electron chi connectivity index (χ2n) is 3.83. The van der Waals surface area contributed by atoms with Crippen LogP contribution in [-0.4, -0.2) is 50.0 Å². The van der Waals surface area contributed by atoms with Gasteiger partial charge in [0.15, 0.2) is 5.88 Å². The van der Waals surface area contributed by atoms with Gasteiger partial charge in [-0.15, -0.1) is 4.39 Å². The van der Waals surface area contributed by atoms with Crippen molar-refractivity contribution < 1.29 is 28.3 Å². The SMILES string of the molecule is CCCC[S+]([O-])CN(SN(C)C(=O)OOC(C)=N)C(=O)F. The zero-order chi connectivity index (χ0) is 16.4. The largest absolute Gasteiger partial charge is 0.615 e. The zero-order valence-corrected chi connectivity index (χ0v) is 13.6. The lowest BCUT2D eigenvalue weighted by atomic mass is 10.4. The topological polar surface area (TPSA) is 106 Å². The Kier molecular flexibility index (Phi) is 9.91. The Bertz CT molecular complexity index is 375. The fourth-order valence-electron chi connectivity index (χ4n) is 0.939. The van der Waals surface area contributed by atoms with Gasteiger partial charge in [0, 0.05) is 14.0 Å². The third-order valence-corrected chi connectivity index (χ3v) is 4.22. The summed E-state index contributed by atoms with van der Waals surface area (Å²) in [6.45, 7) is 3.16. The summed E-state index contributed by atoms with van der Waals surface area (Å²) < 4.78 is 25.8. The molecule has 21 heavy (non-hydrogen) atoms. The molecule has 1 N–H and O–H groups in total. The van der Waals surface area contributed by atoms with E-state index in [1.807, 2.05) is 6.92 Å². The van der Waals surface area contributed by atoms with Crippen LogP contribution in [0.4, 0.5) is 14.0 Å². The van der Waals surface area contributed by atoms with Crippen molar-refractivity contribution >= 4 is 41.5 Å². The molecule has 0 saturated heterocycles. The van der Waals surface area contributed by atoms with Crippen molar-refractivity contribution in [2.75, 3.05) is 18.7 Å². The summed E-state index contributed by atoms with van der Waals surface area (Å²) in [6, 6.07) is 0. The first kappa shape index (κ1) is 19.8. The Morgan fingerprint density at radius 3 is 2.52 bits per heavy atom. The van der Waals surface area contributed by atoms with Gasteiger partial charge in [-0.3, -0.25) is 10.3 Å². The lowest BCUT2D eigenvalue weighted by Crippen LogP contribution is -2.34. The van der Waals surface area contributed by atoms with Gasteiger partial charge in [-0.05, 0) is 17.6 Å². The molecule has 0 rings (SSSR count). The maximum absolute atomic E-state index is 12.9. The number of halogens is 1. The van der Waals surface area contributed by atoms with Gasteiger partial charge >= 0.3 is 12.3 Å². The van der Waals surface area contributed by atoms with E-state index in [0.29, 0.717) is 28.6 Å². The van der Waals surface area contributed by atoms with E-state index >= 15 is 0 Å². The summed E-state index contributed by atoms with van der Waals surface area (Å²) in [5.41, 5.74) is 0. The van der Waals surface area contributed by atoms with Crippen LogP contribution in [0.1, 0.15) is 26.7 Å². The number of hydrogen-bond donors (Lipinski definition) is 1. The van der Waals surface area contributed by atoms with Crippen LogP contribution in [0.15, 0.2) is 0 Å². The summed E-state index contributed by atoms with van der Waals surface area (Å²) in [7, 11) is 1.21. The van der Waals surface area contributed by atoms with Crippen LogP contribution in [0.5, 0.6) is 0 Å². The number of nitrogens with one attached hydrogen (secondary N) is 1. The highest BCUT2D eigenvalue weighted by Gasteiger charge is 2.25. The lowest BCUT2D eigenvalue weighted by Gasteiger charge is -2.22. The predicted molar refractivity (Wildman–Crippen MR) is 77.4 cm³/mol. The molecule has 11 heteroatoms. The normalized spacial score (nSPS) is 11.5. The number of carbonyl (C=O) groups excluding carboxylic acids is 2. The summed E-state index contributed by atoms with van der Waals surface area (Å²) in [4.78, 5) is 30.7. The van der Waals surface area contributed by atoms with Crippen molar-refractivity contribution in [2.24, 2.45) is 0 Å². The molecule has 0 aliphatic carbocycles. The van der Waals surface area contributed by atoms with Crippen LogP contribution in [0.2, 0.25) is 0 Å². The summed E-state index contributed by atoms with van der Waals surface area (Å²) >= 11 is -1.01. The van der Waals surface area contributed by atoms with Crippen LogP contribution in [0.25, 0.3) is 0 Å². The van der Waals surface area contributed by atoms with Gasteiger partial charge in [0.25, 0.3) is 0 Å². The third kappa shape index (κ3) is 9.37. The summed E-state index contributed by atoms with van der Waals surface area (Å²) in [6.07, 6.45) is -1.35. The molecule has 0 aromatic carbocycles. The van der Waals surface area contributed by atoms with E-state index in [1.165, 1.54) is 14.0 Å². The fraction of sp³-hybridized carbons (Fsp3) is 0.700. The molecule has 0 fully saturated rings. The molecule has 1 unspecified atom stereocenters. The van der Waals surface area contributed by atoms with E-state index in [1.54, 1.807) is 0 Å². The lowest BCUT2D eigenvalue weighted by molar-refractivity contribution is -0.164. The Labute approximate surface area is 129 Å². The van der Waals surface area contributed by atoms with Crippen molar-refractivity contribution in [3.8, 4) is 0 Å². The highest BCUT2D eigenvalue weighted by Crippen LogP contribution is 2.19. The second-order valence-corrected chi connectivity index (χ2v) is 6.52. The van der Waals surface area contributed by atoms with Crippen LogP contribution >= 0.6 is 12.1 Å². The minimum Gasteiger partial charge on any atom is -0.615 e. The van der Waals surface area contributed by atoms with E-state index in [4.69, 9.17) is 5.41 Å². The molecule has 122 valence electrons. The van der Waals surface area contributed by atoms with Gasteiger partial charge in [-0.25, -0.2) is 18.8 Å². The molecule has 0 radical (unpaired) electrons. The average molecular weight is 343 g/mol. The van der Waals surface area contributed by atoms with Gasteiger partial charge in [0.2, 0.25) is 5.90 Å². The Morgan fingerprint density at radius 2 is 2.05 bits per heavy atom. The van der Waals surface area contributed by atoms with E-state index < -0.39 is 23.4 Å². The number of rotatable bonds is 7. The first-order valence-corrected chi connectivity index (χ1v) is 8.17. The first-order valence-electron chi connectivity index (χ1n) is 5.95. The molecule has 1 atom stereocenters. The third-order valence-electron chi connectivity index (χ3n) is 1.90. The van der Waals surface area contributed by atoms with Crippen molar-refractivity contribution in [2.45, 2.75) is 26.7 Å². The van der Waals surface area contributed by atoms with E-state index in [-0.39, 0.29) is 11.8 Å². The number of hydrogen-bond acceptors (Lipinski definition) is 7. The maximum Gasteiger partial charge on any atom is 0.463 e. The quantitative estimate of drug-likeness (QED) is 0.111. The summed E-state index contributed by atoms with van der Waals surface area (Å²) in [5, 5.41) is 6.91. The molecule has 0 saturated carbocycles. The van der Waals surface area contributed by atoms with Gasteiger partial charge in [0.05, 0.1) is 12.1 Å². The van der Waals surface area contributed by atoms with Crippen LogP contribution < -0.4 is 0 Å². The van der Waals surface area contributed by atoms with Crippen LogP contribution in [-0.2, 0) is 21.0 Å². The molecule has 0 aliphatic rings. The highest BCUT2D eigenvalue weighted by atomic mass is 32.2. The molecule has 0 aromatic heterocycles. The van der Waals surface area contributed by atoms with Gasteiger partial charge in [-0.2, -0.15) is 4.31 Å². The van der Waals surface area contributed by atoms with Crippen LogP contribution in [0.3, 0.4) is 0 Å². The van der Waals surface area contributed by atoms with E-state index in [0.717, 1.165) is 10.7 Å². The molecule has 0 bridgehead atoms. The number of amides is 2. The second kappa shape index (κ2) is 10.5. The van der Waals surface area contributed by atoms with Crippen molar-refractivity contribution in [1.29, 1.82) is 5.41 Å². The Morgan fingerprint density at radius 1 is 1.43 bits per heavy atom. The monoisotopic (exact) mass is 343 g/mol. The predicted octanol–water partition coefficient (Wildman–Crippen LogP) is 2.44. The van der Waals surface area contributed by atoms with Gasteiger partial charge < -0.3 is 4.55 Å². The Hall–Kier alpha value is -1.20. The molecule has 0 aromatic rings. The minimum absolute atomic E-state index is 0.338. The number of carbonyl (C=O) groups is 2. The van der Waals surface area contributed by atoms with Crippen molar-refractivity contribution in [1.82, 2.24) is 8.61 Å². The molecule has 2 amide bonds. The van der Waals surface area contributed by atoms with Gasteiger partial charge in [0.1, 0.15) is 5.75 Å². The van der Waals surface area contributed by atoms with Gasteiger partial charge in [-0.1, -0.05) is 13.3 Å². The molecule has 8 nitrogen and oxygen atoms in total. The zero-order valence-electron chi connectivity index (χ0n) is 12.0. The number of unbranched alkanes of at least 4 members (excludes halogenated alkanes) is 1. The average Bonchev–Trinajstić information content (AvgIpc) is 2.41.